The van der Waals surface area contributed by atoms with Crippen LogP contribution in [-0.2, 0) is 29.4 Å². The van der Waals surface area contributed by atoms with Gasteiger partial charge in [-0.2, -0.15) is 0 Å². The lowest BCUT2D eigenvalue weighted by Gasteiger charge is -2.31. The maximum atomic E-state index is 12.0. The molecule has 0 spiro atoms. The molecule has 1 saturated heterocycles. The summed E-state index contributed by atoms with van der Waals surface area (Å²) in [5, 5.41) is 1.13. The average molecular weight is 342 g/mol. The van der Waals surface area contributed by atoms with E-state index in [1.807, 2.05) is 11.3 Å². The van der Waals surface area contributed by atoms with Crippen molar-refractivity contribution in [3.8, 4) is 0 Å². The standard InChI is InChI=1S/C15H23N3O2S2/c19-22(20,12-4-5-12)17-11-6-8-18(9-7-11)10-15-16-13-2-1-3-14(13)21-15/h11-12,17H,1-10H2. The molecule has 1 aliphatic heterocycles. The first-order valence-corrected chi connectivity index (χ1v) is 10.7. The Morgan fingerprint density at radius 1 is 1.18 bits per heavy atom. The molecular formula is C15H23N3O2S2. The van der Waals surface area contributed by atoms with Gasteiger partial charge in [-0.25, -0.2) is 18.1 Å². The predicted molar refractivity (Wildman–Crippen MR) is 87.5 cm³/mol. The second kappa shape index (κ2) is 5.85. The highest BCUT2D eigenvalue weighted by molar-refractivity contribution is 7.90. The third-order valence-electron chi connectivity index (χ3n) is 4.88. The molecule has 1 aromatic rings. The number of aromatic nitrogens is 1. The maximum absolute atomic E-state index is 12.0. The molecule has 22 heavy (non-hydrogen) atoms. The maximum Gasteiger partial charge on any atom is 0.214 e. The number of rotatable bonds is 5. The summed E-state index contributed by atoms with van der Waals surface area (Å²) in [6, 6.07) is 0.128. The zero-order chi connectivity index (χ0) is 15.2. The van der Waals surface area contributed by atoms with Crippen molar-refractivity contribution in [3.05, 3.63) is 15.6 Å². The molecule has 5 nitrogen and oxygen atoms in total. The van der Waals surface area contributed by atoms with E-state index in [4.69, 9.17) is 4.98 Å². The molecular weight excluding hydrogens is 318 g/mol. The number of sulfonamides is 1. The lowest BCUT2D eigenvalue weighted by atomic mass is 10.1. The molecule has 1 aromatic heterocycles. The van der Waals surface area contributed by atoms with Gasteiger partial charge in [0.15, 0.2) is 0 Å². The van der Waals surface area contributed by atoms with Gasteiger partial charge in [-0.05, 0) is 44.9 Å². The number of nitrogens with zero attached hydrogens (tertiary/aromatic N) is 2. The van der Waals surface area contributed by atoms with Gasteiger partial charge in [0.25, 0.3) is 0 Å². The molecule has 7 heteroatoms. The van der Waals surface area contributed by atoms with Crippen LogP contribution in [-0.4, -0.2) is 42.7 Å². The Labute approximate surface area is 136 Å². The molecule has 2 aliphatic carbocycles. The number of aryl methyl sites for hydroxylation is 2. The fourth-order valence-corrected chi connectivity index (χ4v) is 6.27. The first-order valence-electron chi connectivity index (χ1n) is 8.31. The highest BCUT2D eigenvalue weighted by atomic mass is 32.2. The molecule has 0 amide bonds. The molecule has 0 radical (unpaired) electrons. The minimum absolute atomic E-state index is 0.108. The summed E-state index contributed by atoms with van der Waals surface area (Å²) in [4.78, 5) is 8.66. The smallest absolute Gasteiger partial charge is 0.214 e. The molecule has 1 N–H and O–H groups in total. The van der Waals surface area contributed by atoms with Crippen molar-refractivity contribution < 1.29 is 8.42 Å². The summed E-state index contributed by atoms with van der Waals surface area (Å²) in [5.41, 5.74) is 1.33. The highest BCUT2D eigenvalue weighted by Crippen LogP contribution is 2.30. The summed E-state index contributed by atoms with van der Waals surface area (Å²) in [5.74, 6) is 0. The van der Waals surface area contributed by atoms with Gasteiger partial charge in [0.05, 0.1) is 17.5 Å². The van der Waals surface area contributed by atoms with Gasteiger partial charge in [0.2, 0.25) is 10.0 Å². The van der Waals surface area contributed by atoms with Crippen molar-refractivity contribution in [2.75, 3.05) is 13.1 Å². The third-order valence-corrected chi connectivity index (χ3v) is 8.03. The molecule has 0 bridgehead atoms. The van der Waals surface area contributed by atoms with E-state index < -0.39 is 10.0 Å². The number of nitrogens with one attached hydrogen (secondary N) is 1. The van der Waals surface area contributed by atoms with Crippen molar-refractivity contribution in [2.45, 2.75) is 62.8 Å². The van der Waals surface area contributed by atoms with Crippen LogP contribution in [0.3, 0.4) is 0 Å². The summed E-state index contributed by atoms with van der Waals surface area (Å²) in [7, 11) is -3.04. The number of thiazole rings is 1. The van der Waals surface area contributed by atoms with E-state index in [9.17, 15) is 8.42 Å². The van der Waals surface area contributed by atoms with Gasteiger partial charge in [-0.1, -0.05) is 0 Å². The first kappa shape index (κ1) is 15.1. The molecule has 122 valence electrons. The topological polar surface area (TPSA) is 62.3 Å². The van der Waals surface area contributed by atoms with Crippen molar-refractivity contribution in [1.82, 2.24) is 14.6 Å². The fourth-order valence-electron chi connectivity index (χ4n) is 3.42. The van der Waals surface area contributed by atoms with Crippen molar-refractivity contribution in [3.63, 3.8) is 0 Å². The normalized spacial score (nSPS) is 23.8. The van der Waals surface area contributed by atoms with E-state index in [0.717, 1.165) is 51.7 Å². The Morgan fingerprint density at radius 2 is 1.95 bits per heavy atom. The Kier molecular flexibility index (Phi) is 4.00. The largest absolute Gasteiger partial charge is 0.297 e. The van der Waals surface area contributed by atoms with E-state index in [1.165, 1.54) is 28.4 Å². The first-order chi connectivity index (χ1) is 10.6. The summed E-state index contributed by atoms with van der Waals surface area (Å²) in [6.45, 7) is 2.85. The van der Waals surface area contributed by atoms with Crippen LogP contribution in [0.5, 0.6) is 0 Å². The number of hydrogen-bond acceptors (Lipinski definition) is 5. The SMILES string of the molecule is O=S(=O)(NC1CCN(Cc2nc3c(s2)CCC3)CC1)C1CC1. The molecule has 3 aliphatic rings. The van der Waals surface area contributed by atoms with Gasteiger partial charge in [-0.3, -0.25) is 4.90 Å². The molecule has 2 heterocycles. The zero-order valence-electron chi connectivity index (χ0n) is 12.8. The second-order valence-corrected chi connectivity index (χ2v) is 9.90. The molecule has 0 atom stereocenters. The van der Waals surface area contributed by atoms with Crippen LogP contribution in [0.2, 0.25) is 0 Å². The minimum Gasteiger partial charge on any atom is -0.297 e. The lowest BCUT2D eigenvalue weighted by Crippen LogP contribution is -2.45. The van der Waals surface area contributed by atoms with Crippen LogP contribution in [0, 0.1) is 0 Å². The molecule has 0 unspecified atom stereocenters. The van der Waals surface area contributed by atoms with Crippen molar-refractivity contribution in [1.29, 1.82) is 0 Å². The van der Waals surface area contributed by atoms with Gasteiger partial charge in [-0.15, -0.1) is 11.3 Å². The van der Waals surface area contributed by atoms with Crippen LogP contribution in [0.4, 0.5) is 0 Å². The van der Waals surface area contributed by atoms with Crippen LogP contribution in [0.1, 0.15) is 47.7 Å². The van der Waals surface area contributed by atoms with Gasteiger partial charge >= 0.3 is 0 Å². The fraction of sp³-hybridized carbons (Fsp3) is 0.800. The van der Waals surface area contributed by atoms with Gasteiger partial charge in [0.1, 0.15) is 5.01 Å². The lowest BCUT2D eigenvalue weighted by molar-refractivity contribution is 0.199. The number of likely N-dealkylation sites (tertiary alicyclic amines) is 1. The monoisotopic (exact) mass is 341 g/mol. The van der Waals surface area contributed by atoms with E-state index in [-0.39, 0.29) is 11.3 Å². The molecule has 1 saturated carbocycles. The van der Waals surface area contributed by atoms with Crippen LogP contribution < -0.4 is 4.72 Å². The second-order valence-electron chi connectivity index (χ2n) is 6.74. The molecule has 4 rings (SSSR count). The van der Waals surface area contributed by atoms with Crippen LogP contribution in [0.15, 0.2) is 0 Å². The van der Waals surface area contributed by atoms with Crippen LogP contribution >= 0.6 is 11.3 Å². The number of hydrogen-bond donors (Lipinski definition) is 1. The van der Waals surface area contributed by atoms with Crippen LogP contribution in [0.25, 0.3) is 0 Å². The summed E-state index contributed by atoms with van der Waals surface area (Å²) < 4.78 is 26.9. The highest BCUT2D eigenvalue weighted by Gasteiger charge is 2.37. The zero-order valence-corrected chi connectivity index (χ0v) is 14.4. The third kappa shape index (κ3) is 3.22. The molecule has 2 fully saturated rings. The van der Waals surface area contributed by atoms with E-state index in [2.05, 4.69) is 9.62 Å². The molecule has 0 aromatic carbocycles. The van der Waals surface area contributed by atoms with Gasteiger partial charge < -0.3 is 0 Å². The Morgan fingerprint density at radius 3 is 2.64 bits per heavy atom. The summed E-state index contributed by atoms with van der Waals surface area (Å²) >= 11 is 1.87. The average Bonchev–Trinajstić information content (AvgIpc) is 3.15. The van der Waals surface area contributed by atoms with Crippen molar-refractivity contribution in [2.24, 2.45) is 0 Å². The Bertz CT molecular complexity index is 622. The van der Waals surface area contributed by atoms with E-state index in [1.54, 1.807) is 0 Å². The van der Waals surface area contributed by atoms with Crippen molar-refractivity contribution >= 4 is 21.4 Å². The quantitative estimate of drug-likeness (QED) is 0.885. The predicted octanol–water partition coefficient (Wildman–Crippen LogP) is 1.68. The summed E-state index contributed by atoms with van der Waals surface area (Å²) in [6.07, 6.45) is 7.12. The number of piperidine rings is 1. The minimum atomic E-state index is -3.04. The Hall–Kier alpha value is -0.500. The van der Waals surface area contributed by atoms with Gasteiger partial charge in [0, 0.05) is 24.0 Å². The van der Waals surface area contributed by atoms with E-state index >= 15 is 0 Å². The Balaban J connectivity index is 1.28. The van der Waals surface area contributed by atoms with E-state index in [0.29, 0.717) is 0 Å². The number of fused-ring (bicyclic) bond motifs is 1.